The molecule has 5 aromatic rings. The molecule has 1 aliphatic heterocycles. The standard InChI is InChI=1S/C31H23N3.CN.Ir/c1-3-10-22(11-4-1)30-26-16-7-14-24(32-26)20-21-25-15-8-17-27(33-25)31(23-12-5-2-6-13-23)29-19-9-18-28(30)34-29;1-2;/h1-10,12,14-19,30-31H,20-21H2;;/q-2;-1;+3. The van der Waals surface area contributed by atoms with Crippen molar-refractivity contribution >= 4 is 0 Å². The van der Waals surface area contributed by atoms with Crippen LogP contribution < -0.4 is 0 Å². The van der Waals surface area contributed by atoms with Crippen molar-refractivity contribution < 1.29 is 20.1 Å². The van der Waals surface area contributed by atoms with E-state index in [4.69, 9.17) is 26.8 Å². The number of aryl methyl sites for hydroxylation is 2. The van der Waals surface area contributed by atoms with Gasteiger partial charge < -0.3 is 11.8 Å². The first kappa shape index (κ1) is 26.1. The summed E-state index contributed by atoms with van der Waals surface area (Å²) in [5.74, 6) is -0.198. The van der Waals surface area contributed by atoms with Gasteiger partial charge in [-0.2, -0.15) is 60.7 Å². The molecule has 0 amide bonds. The van der Waals surface area contributed by atoms with Crippen LogP contribution in [0.1, 0.15) is 57.1 Å². The number of hydrogen-bond acceptors (Lipinski definition) is 4. The molecule has 2 aromatic carbocycles. The third-order valence-electron chi connectivity index (χ3n) is 6.36. The van der Waals surface area contributed by atoms with Gasteiger partial charge >= 0.3 is 20.1 Å². The van der Waals surface area contributed by atoms with Crippen molar-refractivity contribution in [2.45, 2.75) is 24.7 Å². The number of aromatic nitrogens is 3. The van der Waals surface area contributed by atoms with E-state index in [1.807, 2.05) is 24.3 Å². The summed E-state index contributed by atoms with van der Waals surface area (Å²) in [5, 5.41) is 6.25. The van der Waals surface area contributed by atoms with Gasteiger partial charge in [0.25, 0.3) is 0 Å². The molecule has 0 fully saturated rings. The number of pyridine rings is 3. The van der Waals surface area contributed by atoms with Gasteiger partial charge in [-0.15, -0.1) is 11.1 Å². The quantitative estimate of drug-likeness (QED) is 0.218. The minimum Gasteiger partial charge on any atom is -0.512 e. The molecule has 5 heteroatoms. The molecular formula is C32H23IrN4. The van der Waals surface area contributed by atoms with Gasteiger partial charge in [-0.1, -0.05) is 18.2 Å². The van der Waals surface area contributed by atoms with Gasteiger partial charge in [0.15, 0.2) is 0 Å². The van der Waals surface area contributed by atoms with Gasteiger partial charge in [0, 0.05) is 23.2 Å². The number of nitrogens with zero attached hydrogens (tertiary/aromatic N) is 4. The van der Waals surface area contributed by atoms with Crippen molar-refractivity contribution in [3.63, 3.8) is 0 Å². The van der Waals surface area contributed by atoms with Crippen molar-refractivity contribution in [3.05, 3.63) is 167 Å². The van der Waals surface area contributed by atoms with E-state index in [9.17, 15) is 0 Å². The van der Waals surface area contributed by atoms with E-state index in [2.05, 4.69) is 91.0 Å². The normalized spacial score (nSPS) is 15.8. The van der Waals surface area contributed by atoms with Crippen LogP contribution in [-0.2, 0) is 32.9 Å². The van der Waals surface area contributed by atoms with Crippen molar-refractivity contribution in [3.8, 4) is 0 Å². The van der Waals surface area contributed by atoms with E-state index in [-0.39, 0.29) is 31.9 Å². The first-order valence-corrected chi connectivity index (χ1v) is 11.9. The molecule has 180 valence electrons. The molecule has 2 unspecified atom stereocenters. The van der Waals surface area contributed by atoms with Crippen LogP contribution in [0.3, 0.4) is 0 Å². The maximum Gasteiger partial charge on any atom is 3.00 e. The molecule has 0 radical (unpaired) electrons. The summed E-state index contributed by atoms with van der Waals surface area (Å²) >= 11 is 0. The Hall–Kier alpha value is -3.97. The molecule has 1 aliphatic rings. The summed E-state index contributed by atoms with van der Waals surface area (Å²) < 4.78 is 0. The summed E-state index contributed by atoms with van der Waals surface area (Å²) in [4.78, 5) is 15.4. The topological polar surface area (TPSA) is 62.5 Å². The molecule has 0 saturated carbocycles. The third kappa shape index (κ3) is 5.72. The summed E-state index contributed by atoms with van der Waals surface area (Å²) in [6, 6.07) is 42.0. The third-order valence-corrected chi connectivity index (χ3v) is 6.36. The van der Waals surface area contributed by atoms with Gasteiger partial charge in [-0.05, 0) is 49.2 Å². The SMILES string of the molecule is [C-]#N.[Ir+3].[c-]1ccccc1C1c2cccc(n2)CCc2cccc(n2)C(c2[c-]cccc2)c2cccc1n2. The van der Waals surface area contributed by atoms with Crippen molar-refractivity contribution in [2.75, 3.05) is 0 Å². The molecule has 6 rings (SSSR count). The molecule has 4 nitrogen and oxygen atoms in total. The van der Waals surface area contributed by atoms with E-state index >= 15 is 0 Å². The smallest absolute Gasteiger partial charge is 0.512 e. The molecule has 6 bridgehead atoms. The Balaban J connectivity index is 0.00000104. The molecule has 0 aliphatic carbocycles. The summed E-state index contributed by atoms with van der Waals surface area (Å²) in [6.45, 7) is 4.75. The van der Waals surface area contributed by atoms with Crippen molar-refractivity contribution in [2.24, 2.45) is 0 Å². The van der Waals surface area contributed by atoms with Crippen molar-refractivity contribution in [1.29, 1.82) is 5.26 Å². The average Bonchev–Trinajstić information content (AvgIpc) is 2.95. The van der Waals surface area contributed by atoms with Crippen LogP contribution in [0.5, 0.6) is 0 Å². The Morgan fingerprint density at radius 3 is 1.35 bits per heavy atom. The zero-order chi connectivity index (χ0) is 24.7. The summed E-state index contributed by atoms with van der Waals surface area (Å²) in [7, 11) is 0. The fourth-order valence-corrected chi connectivity index (χ4v) is 4.76. The first-order valence-electron chi connectivity index (χ1n) is 11.9. The van der Waals surface area contributed by atoms with Crippen LogP contribution in [0.15, 0.2) is 103 Å². The Labute approximate surface area is 231 Å². The molecule has 37 heavy (non-hydrogen) atoms. The van der Waals surface area contributed by atoms with Crippen LogP contribution in [0.4, 0.5) is 0 Å². The Bertz CT molecular complexity index is 1360. The van der Waals surface area contributed by atoms with E-state index in [0.29, 0.717) is 0 Å². The van der Waals surface area contributed by atoms with Gasteiger partial charge in [0.2, 0.25) is 0 Å². The first-order chi connectivity index (χ1) is 17.8. The van der Waals surface area contributed by atoms with Gasteiger partial charge in [-0.3, -0.25) is 15.0 Å². The summed E-state index contributed by atoms with van der Waals surface area (Å²) in [6.07, 6.45) is 1.67. The zero-order valence-corrected chi connectivity index (χ0v) is 22.4. The predicted molar refractivity (Wildman–Crippen MR) is 138 cm³/mol. The minimum atomic E-state index is -0.0988. The number of rotatable bonds is 2. The fraction of sp³-hybridized carbons (Fsp3) is 0.125. The molecule has 0 N–H and O–H groups in total. The average molecular weight is 656 g/mol. The van der Waals surface area contributed by atoms with E-state index < -0.39 is 0 Å². The molecular weight excluding hydrogens is 633 g/mol. The maximum absolute atomic E-state index is 6.25. The second-order valence-corrected chi connectivity index (χ2v) is 8.60. The van der Waals surface area contributed by atoms with Crippen LogP contribution in [0.2, 0.25) is 0 Å². The van der Waals surface area contributed by atoms with E-state index in [1.54, 1.807) is 0 Å². The summed E-state index contributed by atoms with van der Waals surface area (Å²) in [5.41, 5.74) is 8.16. The molecule has 0 saturated heterocycles. The van der Waals surface area contributed by atoms with Crippen LogP contribution in [0.25, 0.3) is 0 Å². The largest absolute Gasteiger partial charge is 3.00 e. The maximum atomic E-state index is 6.25. The van der Waals surface area contributed by atoms with Gasteiger partial charge in [0.05, 0.1) is 22.8 Å². The molecule has 2 atom stereocenters. The van der Waals surface area contributed by atoms with E-state index in [0.717, 1.165) is 58.1 Å². The second-order valence-electron chi connectivity index (χ2n) is 8.60. The van der Waals surface area contributed by atoms with Crippen molar-refractivity contribution in [1.82, 2.24) is 15.0 Å². The number of benzene rings is 2. The Morgan fingerprint density at radius 2 is 0.946 bits per heavy atom. The monoisotopic (exact) mass is 656 g/mol. The Kier molecular flexibility index (Phi) is 8.69. The van der Waals surface area contributed by atoms with Crippen LogP contribution in [-0.4, -0.2) is 15.0 Å². The van der Waals surface area contributed by atoms with Crippen LogP contribution in [0, 0.1) is 24.0 Å². The Morgan fingerprint density at radius 1 is 0.541 bits per heavy atom. The molecule has 0 spiro atoms. The predicted octanol–water partition coefficient (Wildman–Crippen LogP) is 6.02. The van der Waals surface area contributed by atoms with Gasteiger partial charge in [0.1, 0.15) is 0 Å². The number of hydrogen-bond donors (Lipinski definition) is 0. The fourth-order valence-electron chi connectivity index (χ4n) is 4.76. The van der Waals surface area contributed by atoms with E-state index in [1.165, 1.54) is 0 Å². The van der Waals surface area contributed by atoms with Gasteiger partial charge in [-0.25, -0.2) is 0 Å². The molecule has 4 heterocycles. The minimum absolute atomic E-state index is 0. The van der Waals surface area contributed by atoms with Crippen LogP contribution >= 0.6 is 0 Å². The zero-order valence-electron chi connectivity index (χ0n) is 20.0. The second kappa shape index (κ2) is 12.3. The number of fused-ring (bicyclic) bond motifs is 6. The molecule has 3 aromatic heterocycles.